The summed E-state index contributed by atoms with van der Waals surface area (Å²) < 4.78 is 0. The molecule has 0 atom stereocenters. The van der Waals surface area contributed by atoms with Crippen molar-refractivity contribution in [3.8, 4) is 5.75 Å². The van der Waals surface area contributed by atoms with Crippen molar-refractivity contribution < 1.29 is 15.3 Å². The molecule has 0 saturated carbocycles. The Hall–Kier alpha value is -2.10. The Bertz CT molecular complexity index is 624. The molecule has 0 spiro atoms. The summed E-state index contributed by atoms with van der Waals surface area (Å²) in [6.07, 6.45) is 4.48. The number of aromatic hydroxyl groups is 1. The van der Waals surface area contributed by atoms with E-state index in [9.17, 15) is 15.3 Å². The third kappa shape index (κ3) is 3.46. The summed E-state index contributed by atoms with van der Waals surface area (Å²) in [6.45, 7) is 7.92. The van der Waals surface area contributed by atoms with Gasteiger partial charge in [-0.2, -0.15) is 0 Å². The Balaban J connectivity index is 2.23. The number of benzene rings is 1. The SMILES string of the molecule is CCCCN(CCCC)c1ccc(C2=C(O)C(C)=C2O)c(O)c1. The molecular formula is C19H27NO3. The van der Waals surface area contributed by atoms with Crippen molar-refractivity contribution in [2.45, 2.75) is 46.5 Å². The standard InChI is InChI=1S/C19H27NO3/c1-4-6-10-20(11-7-5-2)14-8-9-15(16(21)12-14)17-18(22)13(3)19(17)23/h8-9,12,21-23H,4-7,10-11H2,1-3H3. The van der Waals surface area contributed by atoms with Crippen molar-refractivity contribution in [2.24, 2.45) is 0 Å². The smallest absolute Gasteiger partial charge is 0.133 e. The van der Waals surface area contributed by atoms with Gasteiger partial charge in [-0.1, -0.05) is 26.7 Å². The zero-order chi connectivity index (χ0) is 17.0. The Morgan fingerprint density at radius 1 is 0.913 bits per heavy atom. The highest BCUT2D eigenvalue weighted by Gasteiger charge is 2.29. The van der Waals surface area contributed by atoms with Crippen molar-refractivity contribution in [1.29, 1.82) is 0 Å². The molecule has 126 valence electrons. The Morgan fingerprint density at radius 2 is 1.52 bits per heavy atom. The van der Waals surface area contributed by atoms with Gasteiger partial charge in [0.05, 0.1) is 5.57 Å². The van der Waals surface area contributed by atoms with Gasteiger partial charge in [0.15, 0.2) is 0 Å². The van der Waals surface area contributed by atoms with Crippen LogP contribution in [0.1, 0.15) is 52.0 Å². The monoisotopic (exact) mass is 317 g/mol. The first-order chi connectivity index (χ1) is 11.0. The number of hydrogen-bond donors (Lipinski definition) is 3. The van der Waals surface area contributed by atoms with E-state index in [0.29, 0.717) is 16.7 Å². The van der Waals surface area contributed by atoms with Crippen LogP contribution in [0.4, 0.5) is 5.69 Å². The van der Waals surface area contributed by atoms with Crippen molar-refractivity contribution in [1.82, 2.24) is 0 Å². The minimum atomic E-state index is 0.0550. The summed E-state index contributed by atoms with van der Waals surface area (Å²) in [7, 11) is 0. The first kappa shape index (κ1) is 17.3. The summed E-state index contributed by atoms with van der Waals surface area (Å²) in [4.78, 5) is 2.28. The summed E-state index contributed by atoms with van der Waals surface area (Å²) in [5.41, 5.74) is 2.25. The van der Waals surface area contributed by atoms with Crippen LogP contribution in [-0.4, -0.2) is 28.4 Å². The molecule has 3 N–H and O–H groups in total. The molecular weight excluding hydrogens is 290 g/mol. The van der Waals surface area contributed by atoms with Gasteiger partial charge in [0.1, 0.15) is 17.3 Å². The van der Waals surface area contributed by atoms with Crippen molar-refractivity contribution in [3.05, 3.63) is 40.9 Å². The second kappa shape index (κ2) is 7.44. The number of rotatable bonds is 8. The molecule has 1 aliphatic rings. The maximum absolute atomic E-state index is 10.3. The van der Waals surface area contributed by atoms with Crippen LogP contribution < -0.4 is 4.90 Å². The quantitative estimate of drug-likeness (QED) is 0.637. The molecule has 0 heterocycles. The maximum Gasteiger partial charge on any atom is 0.133 e. The average molecular weight is 317 g/mol. The molecule has 2 rings (SSSR count). The lowest BCUT2D eigenvalue weighted by molar-refractivity contribution is 0.367. The van der Waals surface area contributed by atoms with Gasteiger partial charge < -0.3 is 20.2 Å². The van der Waals surface area contributed by atoms with E-state index in [0.717, 1.165) is 44.5 Å². The summed E-state index contributed by atoms with van der Waals surface area (Å²) in [5, 5.41) is 30.1. The topological polar surface area (TPSA) is 63.9 Å². The van der Waals surface area contributed by atoms with E-state index in [1.807, 2.05) is 6.07 Å². The second-order valence-electron chi connectivity index (χ2n) is 6.09. The van der Waals surface area contributed by atoms with Crippen LogP contribution in [0.15, 0.2) is 35.3 Å². The average Bonchev–Trinajstić information content (AvgIpc) is 2.56. The highest BCUT2D eigenvalue weighted by atomic mass is 16.3. The second-order valence-corrected chi connectivity index (χ2v) is 6.09. The fourth-order valence-corrected chi connectivity index (χ4v) is 2.79. The van der Waals surface area contributed by atoms with Gasteiger partial charge in [0, 0.05) is 36.0 Å². The molecule has 4 heteroatoms. The minimum Gasteiger partial charge on any atom is -0.507 e. The highest BCUT2D eigenvalue weighted by Crippen LogP contribution is 2.42. The predicted octanol–water partition coefficient (Wildman–Crippen LogP) is 4.91. The van der Waals surface area contributed by atoms with Crippen LogP contribution in [-0.2, 0) is 0 Å². The highest BCUT2D eigenvalue weighted by molar-refractivity contribution is 5.91. The number of hydrogen-bond acceptors (Lipinski definition) is 4. The van der Waals surface area contributed by atoms with Gasteiger partial charge in [-0.05, 0) is 31.9 Å². The van der Waals surface area contributed by atoms with Crippen molar-refractivity contribution in [2.75, 3.05) is 18.0 Å². The number of nitrogens with zero attached hydrogens (tertiary/aromatic N) is 1. The third-order valence-corrected chi connectivity index (χ3v) is 4.36. The number of allylic oxidation sites excluding steroid dienone is 2. The molecule has 1 aromatic rings. The zero-order valence-electron chi connectivity index (χ0n) is 14.3. The van der Waals surface area contributed by atoms with Crippen LogP contribution in [0.3, 0.4) is 0 Å². The van der Waals surface area contributed by atoms with E-state index >= 15 is 0 Å². The van der Waals surface area contributed by atoms with Gasteiger partial charge in [-0.15, -0.1) is 0 Å². The fourth-order valence-electron chi connectivity index (χ4n) is 2.79. The number of anilines is 1. The molecule has 0 aromatic heterocycles. The van der Waals surface area contributed by atoms with Gasteiger partial charge in [0.25, 0.3) is 0 Å². The predicted molar refractivity (Wildman–Crippen MR) is 95.0 cm³/mol. The van der Waals surface area contributed by atoms with Gasteiger partial charge in [-0.25, -0.2) is 0 Å². The Labute approximate surface area is 138 Å². The molecule has 1 aliphatic carbocycles. The summed E-state index contributed by atoms with van der Waals surface area (Å²) in [5.74, 6) is 0.194. The molecule has 23 heavy (non-hydrogen) atoms. The molecule has 1 aromatic carbocycles. The first-order valence-corrected chi connectivity index (χ1v) is 8.43. The normalized spacial score (nSPS) is 14.2. The molecule has 4 nitrogen and oxygen atoms in total. The molecule has 0 bridgehead atoms. The van der Waals surface area contributed by atoms with Gasteiger partial charge >= 0.3 is 0 Å². The number of phenols is 1. The van der Waals surface area contributed by atoms with E-state index in [2.05, 4.69) is 18.7 Å². The van der Waals surface area contributed by atoms with Crippen LogP contribution in [0.25, 0.3) is 5.57 Å². The van der Waals surface area contributed by atoms with Crippen LogP contribution in [0.2, 0.25) is 0 Å². The zero-order valence-corrected chi connectivity index (χ0v) is 14.3. The van der Waals surface area contributed by atoms with Crippen molar-refractivity contribution >= 4 is 11.3 Å². The lowest BCUT2D eigenvalue weighted by atomic mass is 9.88. The van der Waals surface area contributed by atoms with E-state index in [4.69, 9.17) is 0 Å². The van der Waals surface area contributed by atoms with Crippen LogP contribution >= 0.6 is 0 Å². The fraction of sp³-hybridized carbons (Fsp3) is 0.474. The van der Waals surface area contributed by atoms with E-state index < -0.39 is 0 Å². The first-order valence-electron chi connectivity index (χ1n) is 8.43. The van der Waals surface area contributed by atoms with Gasteiger partial charge in [-0.3, -0.25) is 0 Å². The molecule has 0 amide bonds. The van der Waals surface area contributed by atoms with Gasteiger partial charge in [0.2, 0.25) is 0 Å². The van der Waals surface area contributed by atoms with E-state index in [-0.39, 0.29) is 17.3 Å². The van der Waals surface area contributed by atoms with E-state index in [1.54, 1.807) is 19.1 Å². The number of aliphatic hydroxyl groups is 2. The third-order valence-electron chi connectivity index (χ3n) is 4.36. The van der Waals surface area contributed by atoms with E-state index in [1.165, 1.54) is 0 Å². The Kier molecular flexibility index (Phi) is 5.59. The maximum atomic E-state index is 10.3. The van der Waals surface area contributed by atoms with Crippen LogP contribution in [0.5, 0.6) is 5.75 Å². The summed E-state index contributed by atoms with van der Waals surface area (Å²) in [6, 6.07) is 5.44. The molecule has 0 unspecified atom stereocenters. The number of unbranched alkanes of at least 4 members (excludes halogenated alkanes) is 2. The molecule has 0 saturated heterocycles. The molecule has 0 aliphatic heterocycles. The number of phenolic OH excluding ortho intramolecular Hbond substituents is 1. The van der Waals surface area contributed by atoms with Crippen molar-refractivity contribution in [3.63, 3.8) is 0 Å². The lowest BCUT2D eigenvalue weighted by Crippen LogP contribution is -2.25. The Morgan fingerprint density at radius 3 is 2.00 bits per heavy atom. The largest absolute Gasteiger partial charge is 0.507 e. The number of aliphatic hydroxyl groups excluding tert-OH is 2. The summed E-state index contributed by atoms with van der Waals surface area (Å²) >= 11 is 0. The molecule has 0 radical (unpaired) electrons. The van der Waals surface area contributed by atoms with Crippen LogP contribution in [0, 0.1) is 0 Å². The minimum absolute atomic E-state index is 0.0550. The molecule has 0 fully saturated rings. The lowest BCUT2D eigenvalue weighted by Gasteiger charge is -2.26.